The number of amides is 1. The Labute approximate surface area is 110 Å². The maximum atomic E-state index is 11.9. The zero-order valence-electron chi connectivity index (χ0n) is 11.5. The summed E-state index contributed by atoms with van der Waals surface area (Å²) in [6, 6.07) is 1.39. The van der Waals surface area contributed by atoms with Crippen LogP contribution < -0.4 is 11.1 Å². The molecule has 0 aromatic rings. The van der Waals surface area contributed by atoms with Gasteiger partial charge in [0.25, 0.3) is 0 Å². The summed E-state index contributed by atoms with van der Waals surface area (Å²) >= 11 is 0. The molecule has 0 aromatic carbocycles. The van der Waals surface area contributed by atoms with Crippen LogP contribution in [0.4, 0.5) is 0 Å². The van der Waals surface area contributed by atoms with E-state index in [1.807, 2.05) is 0 Å². The fourth-order valence-electron chi connectivity index (χ4n) is 2.47. The molecule has 0 saturated heterocycles. The number of rotatable bonds is 9. The highest BCUT2D eigenvalue weighted by Gasteiger charge is 2.34. The largest absolute Gasteiger partial charge is 0.353 e. The molecule has 0 bridgehead atoms. The first-order valence-corrected chi connectivity index (χ1v) is 7.49. The molecule has 1 atom stereocenters. The first-order valence-electron chi connectivity index (χ1n) is 7.49. The van der Waals surface area contributed by atoms with Crippen molar-refractivity contribution in [2.45, 2.75) is 70.0 Å². The Hall–Kier alpha value is -0.610. The van der Waals surface area contributed by atoms with E-state index in [4.69, 9.17) is 5.73 Å². The maximum absolute atomic E-state index is 11.9. The summed E-state index contributed by atoms with van der Waals surface area (Å²) in [5, 5.41) is 3.07. The van der Waals surface area contributed by atoms with Crippen molar-refractivity contribution in [3.63, 3.8) is 0 Å². The number of hydrogen-bond acceptors (Lipinski definition) is 3. The molecule has 2 aliphatic rings. The van der Waals surface area contributed by atoms with Gasteiger partial charge in [-0.25, -0.2) is 0 Å². The molecular formula is C14H27N3O. The number of nitrogens with one attached hydrogen (secondary N) is 1. The SMILES string of the molecule is CCCCN(C1CC1)C(CN)CC(=O)NC1CC1. The number of nitrogens with zero attached hydrogens (tertiary/aromatic N) is 1. The molecule has 0 spiro atoms. The van der Waals surface area contributed by atoms with Crippen molar-refractivity contribution in [3.05, 3.63) is 0 Å². The van der Waals surface area contributed by atoms with Crippen molar-refractivity contribution in [2.24, 2.45) is 5.73 Å². The van der Waals surface area contributed by atoms with Crippen LogP contribution in [0.5, 0.6) is 0 Å². The van der Waals surface area contributed by atoms with Gasteiger partial charge in [0.1, 0.15) is 0 Å². The van der Waals surface area contributed by atoms with E-state index in [1.54, 1.807) is 0 Å². The summed E-state index contributed by atoms with van der Waals surface area (Å²) in [5.74, 6) is 0.190. The first-order chi connectivity index (χ1) is 8.74. The topological polar surface area (TPSA) is 58.4 Å². The third kappa shape index (κ3) is 4.25. The van der Waals surface area contributed by atoms with Crippen LogP contribution in [-0.4, -0.2) is 42.0 Å². The summed E-state index contributed by atoms with van der Waals surface area (Å²) < 4.78 is 0. The molecule has 18 heavy (non-hydrogen) atoms. The molecule has 0 aromatic heterocycles. The summed E-state index contributed by atoms with van der Waals surface area (Å²) in [5.41, 5.74) is 5.88. The maximum Gasteiger partial charge on any atom is 0.221 e. The highest BCUT2D eigenvalue weighted by atomic mass is 16.1. The molecule has 4 nitrogen and oxygen atoms in total. The van der Waals surface area contributed by atoms with Crippen LogP contribution in [-0.2, 0) is 4.79 Å². The standard InChI is InChI=1S/C14H27N3O/c1-2-3-8-17(12-6-7-12)13(10-15)9-14(18)16-11-4-5-11/h11-13H,2-10,15H2,1H3,(H,16,18). The van der Waals surface area contributed by atoms with E-state index < -0.39 is 0 Å². The van der Waals surface area contributed by atoms with Crippen molar-refractivity contribution in [1.82, 2.24) is 10.2 Å². The Morgan fingerprint density at radius 2 is 2.11 bits per heavy atom. The summed E-state index contributed by atoms with van der Waals surface area (Å²) in [6.07, 6.45) is 7.86. The molecule has 1 unspecified atom stereocenters. The summed E-state index contributed by atoms with van der Waals surface area (Å²) in [4.78, 5) is 14.4. The molecule has 2 fully saturated rings. The van der Waals surface area contributed by atoms with Gasteiger partial charge in [0.2, 0.25) is 5.91 Å². The lowest BCUT2D eigenvalue weighted by atomic mass is 10.1. The van der Waals surface area contributed by atoms with Crippen molar-refractivity contribution in [2.75, 3.05) is 13.1 Å². The number of nitrogens with two attached hydrogens (primary N) is 1. The molecule has 3 N–H and O–H groups in total. The molecule has 0 heterocycles. The lowest BCUT2D eigenvalue weighted by Gasteiger charge is -2.30. The van der Waals surface area contributed by atoms with Gasteiger partial charge in [-0.2, -0.15) is 0 Å². The van der Waals surface area contributed by atoms with Gasteiger partial charge in [0.15, 0.2) is 0 Å². The van der Waals surface area contributed by atoms with Crippen LogP contribution in [0.15, 0.2) is 0 Å². The number of carbonyl (C=O) groups is 1. The van der Waals surface area contributed by atoms with Crippen molar-refractivity contribution in [3.8, 4) is 0 Å². The van der Waals surface area contributed by atoms with E-state index in [0.29, 0.717) is 25.0 Å². The Balaban J connectivity index is 1.80. The van der Waals surface area contributed by atoms with Gasteiger partial charge in [-0.15, -0.1) is 0 Å². The minimum Gasteiger partial charge on any atom is -0.353 e. The Morgan fingerprint density at radius 1 is 1.39 bits per heavy atom. The molecule has 0 radical (unpaired) electrons. The zero-order valence-corrected chi connectivity index (χ0v) is 11.5. The summed E-state index contributed by atoms with van der Waals surface area (Å²) in [7, 11) is 0. The normalized spacial score (nSPS) is 21.1. The fourth-order valence-corrected chi connectivity index (χ4v) is 2.47. The minimum absolute atomic E-state index is 0.190. The van der Waals surface area contributed by atoms with E-state index in [1.165, 1.54) is 25.7 Å². The van der Waals surface area contributed by atoms with Gasteiger partial charge in [-0.1, -0.05) is 13.3 Å². The molecule has 4 heteroatoms. The first kappa shape index (κ1) is 13.8. The van der Waals surface area contributed by atoms with E-state index in [9.17, 15) is 4.79 Å². The van der Waals surface area contributed by atoms with Crippen LogP contribution >= 0.6 is 0 Å². The second-order valence-electron chi connectivity index (χ2n) is 5.76. The van der Waals surface area contributed by atoms with Crippen LogP contribution in [0.2, 0.25) is 0 Å². The number of carbonyl (C=O) groups excluding carboxylic acids is 1. The monoisotopic (exact) mass is 253 g/mol. The van der Waals surface area contributed by atoms with Gasteiger partial charge < -0.3 is 11.1 Å². The summed E-state index contributed by atoms with van der Waals surface area (Å²) in [6.45, 7) is 3.90. The molecule has 104 valence electrons. The van der Waals surface area contributed by atoms with E-state index in [0.717, 1.165) is 19.4 Å². The quantitative estimate of drug-likeness (QED) is 0.650. The Morgan fingerprint density at radius 3 is 2.61 bits per heavy atom. The van der Waals surface area contributed by atoms with Crippen LogP contribution in [0.1, 0.15) is 51.9 Å². The van der Waals surface area contributed by atoms with Crippen LogP contribution in [0, 0.1) is 0 Å². The molecular weight excluding hydrogens is 226 g/mol. The van der Waals surface area contributed by atoms with Gasteiger partial charge in [0.05, 0.1) is 0 Å². The predicted molar refractivity (Wildman–Crippen MR) is 73.3 cm³/mol. The van der Waals surface area contributed by atoms with Gasteiger partial charge >= 0.3 is 0 Å². The third-order valence-corrected chi connectivity index (χ3v) is 3.89. The molecule has 2 saturated carbocycles. The van der Waals surface area contributed by atoms with Crippen molar-refractivity contribution in [1.29, 1.82) is 0 Å². The average molecular weight is 253 g/mol. The zero-order chi connectivity index (χ0) is 13.0. The lowest BCUT2D eigenvalue weighted by Crippen LogP contribution is -2.45. The number of unbranched alkanes of at least 4 members (excludes halogenated alkanes) is 1. The van der Waals surface area contributed by atoms with Gasteiger partial charge in [-0.05, 0) is 38.6 Å². The van der Waals surface area contributed by atoms with Crippen molar-refractivity contribution >= 4 is 5.91 Å². The molecule has 1 amide bonds. The minimum atomic E-state index is 0.190. The molecule has 2 rings (SSSR count). The molecule has 2 aliphatic carbocycles. The predicted octanol–water partition coefficient (Wildman–Crippen LogP) is 1.25. The van der Waals surface area contributed by atoms with Gasteiger partial charge in [-0.3, -0.25) is 9.69 Å². The Kier molecular flexibility index (Phi) is 5.01. The Bertz CT molecular complexity index is 274. The second-order valence-corrected chi connectivity index (χ2v) is 5.76. The van der Waals surface area contributed by atoms with Crippen LogP contribution in [0.3, 0.4) is 0 Å². The third-order valence-electron chi connectivity index (χ3n) is 3.89. The average Bonchev–Trinajstić information content (AvgIpc) is 3.21. The number of hydrogen-bond donors (Lipinski definition) is 2. The highest BCUT2D eigenvalue weighted by molar-refractivity contribution is 5.77. The second kappa shape index (κ2) is 6.53. The molecule has 0 aliphatic heterocycles. The van der Waals surface area contributed by atoms with E-state index >= 15 is 0 Å². The smallest absolute Gasteiger partial charge is 0.221 e. The van der Waals surface area contributed by atoms with Crippen molar-refractivity contribution < 1.29 is 4.79 Å². The van der Waals surface area contributed by atoms with E-state index in [2.05, 4.69) is 17.1 Å². The van der Waals surface area contributed by atoms with Crippen LogP contribution in [0.25, 0.3) is 0 Å². The lowest BCUT2D eigenvalue weighted by molar-refractivity contribution is -0.122. The van der Waals surface area contributed by atoms with Gasteiger partial charge in [0, 0.05) is 31.1 Å². The fraction of sp³-hybridized carbons (Fsp3) is 0.929. The highest BCUT2D eigenvalue weighted by Crippen LogP contribution is 2.29. The van der Waals surface area contributed by atoms with E-state index in [-0.39, 0.29) is 11.9 Å².